The van der Waals surface area contributed by atoms with Crippen molar-refractivity contribution >= 4 is 15.9 Å². The molecular formula is C12H19BrF2N2O2. The van der Waals surface area contributed by atoms with Gasteiger partial charge in [0.25, 0.3) is 6.43 Å². The molecule has 110 valence electrons. The number of hydrogen-bond donors (Lipinski definition) is 1. The summed E-state index contributed by atoms with van der Waals surface area (Å²) in [5.74, 6) is 0. The molecule has 1 rings (SSSR count). The van der Waals surface area contributed by atoms with Gasteiger partial charge < -0.3 is 9.84 Å². The van der Waals surface area contributed by atoms with Crippen LogP contribution in [0.3, 0.4) is 0 Å². The van der Waals surface area contributed by atoms with Crippen LogP contribution in [0.25, 0.3) is 0 Å². The lowest BCUT2D eigenvalue weighted by molar-refractivity contribution is 0.00495. The summed E-state index contributed by atoms with van der Waals surface area (Å²) >= 11 is 3.47. The molecule has 0 bridgehead atoms. The summed E-state index contributed by atoms with van der Waals surface area (Å²) < 4.78 is 31.1. The smallest absolute Gasteiger partial charge is 0.261 e. The van der Waals surface area contributed by atoms with E-state index in [-0.39, 0.29) is 6.61 Å². The van der Waals surface area contributed by atoms with Gasteiger partial charge in [-0.1, -0.05) is 6.92 Å². The first-order valence-electron chi connectivity index (χ1n) is 6.19. The Morgan fingerprint density at radius 3 is 2.68 bits per heavy atom. The molecule has 1 atom stereocenters. The average molecular weight is 341 g/mol. The first kappa shape index (κ1) is 16.5. The van der Waals surface area contributed by atoms with Crippen LogP contribution in [0.5, 0.6) is 0 Å². The van der Waals surface area contributed by atoms with Gasteiger partial charge in [0.05, 0.1) is 22.0 Å². The van der Waals surface area contributed by atoms with Gasteiger partial charge in [-0.25, -0.2) is 8.78 Å². The van der Waals surface area contributed by atoms with Gasteiger partial charge in [-0.3, -0.25) is 4.68 Å². The van der Waals surface area contributed by atoms with Crippen LogP contribution in [0.15, 0.2) is 4.47 Å². The van der Waals surface area contributed by atoms with E-state index in [1.54, 1.807) is 4.68 Å². The quantitative estimate of drug-likeness (QED) is 0.739. The van der Waals surface area contributed by atoms with E-state index in [1.165, 1.54) is 0 Å². The topological polar surface area (TPSA) is 47.3 Å². The van der Waals surface area contributed by atoms with Crippen LogP contribution >= 0.6 is 15.9 Å². The minimum absolute atomic E-state index is 0.127. The Morgan fingerprint density at radius 2 is 2.16 bits per heavy atom. The number of alkyl halides is 2. The van der Waals surface area contributed by atoms with Gasteiger partial charge >= 0.3 is 0 Å². The number of hydrogen-bond acceptors (Lipinski definition) is 3. The molecule has 0 aromatic carbocycles. The minimum atomic E-state index is -2.46. The van der Waals surface area contributed by atoms with Crippen LogP contribution < -0.4 is 0 Å². The van der Waals surface area contributed by atoms with Crippen molar-refractivity contribution in [2.24, 2.45) is 7.05 Å². The number of aliphatic hydroxyl groups excluding tert-OH is 1. The van der Waals surface area contributed by atoms with E-state index in [0.29, 0.717) is 12.8 Å². The standard InChI is InChI=1S/C12H19BrF2N2O2/c1-3-9-12(13)10(17(2)16-9)6-8(18)4-5-19-7-11(14)15/h8,11,18H,3-7H2,1-2H3. The minimum Gasteiger partial charge on any atom is -0.393 e. The molecule has 1 unspecified atom stereocenters. The Labute approximate surface area is 119 Å². The fraction of sp³-hybridized carbons (Fsp3) is 0.750. The van der Waals surface area contributed by atoms with Crippen molar-refractivity contribution < 1.29 is 18.6 Å². The second-order valence-electron chi connectivity index (χ2n) is 4.30. The average Bonchev–Trinajstić information content (AvgIpc) is 2.62. The maximum Gasteiger partial charge on any atom is 0.261 e. The van der Waals surface area contributed by atoms with Gasteiger partial charge in [0.1, 0.15) is 6.61 Å². The maximum absolute atomic E-state index is 11.8. The maximum atomic E-state index is 11.8. The van der Waals surface area contributed by atoms with Crippen molar-refractivity contribution in [3.8, 4) is 0 Å². The normalized spacial score (nSPS) is 13.2. The van der Waals surface area contributed by atoms with Crippen molar-refractivity contribution in [2.75, 3.05) is 13.2 Å². The summed E-state index contributed by atoms with van der Waals surface area (Å²) in [7, 11) is 1.82. The fourth-order valence-corrected chi connectivity index (χ4v) is 2.54. The third kappa shape index (κ3) is 5.16. The number of aromatic nitrogens is 2. The number of aryl methyl sites for hydroxylation is 2. The SMILES string of the molecule is CCc1nn(C)c(CC(O)CCOCC(F)F)c1Br. The summed E-state index contributed by atoms with van der Waals surface area (Å²) in [4.78, 5) is 0. The van der Waals surface area contributed by atoms with E-state index in [2.05, 4.69) is 21.0 Å². The molecule has 1 aromatic heterocycles. The molecule has 0 saturated carbocycles. The number of rotatable bonds is 8. The number of halogens is 3. The second kappa shape index (κ2) is 7.91. The highest BCUT2D eigenvalue weighted by atomic mass is 79.9. The number of aliphatic hydroxyl groups is 1. The van der Waals surface area contributed by atoms with Crippen molar-refractivity contribution in [2.45, 2.75) is 38.7 Å². The molecule has 0 amide bonds. The third-order valence-corrected chi connectivity index (χ3v) is 3.69. The van der Waals surface area contributed by atoms with Gasteiger partial charge in [-0.2, -0.15) is 5.10 Å². The molecule has 0 aliphatic carbocycles. The van der Waals surface area contributed by atoms with Crippen LogP contribution in [0.4, 0.5) is 8.78 Å². The molecule has 0 spiro atoms. The Kier molecular flexibility index (Phi) is 6.88. The molecule has 7 heteroatoms. The Morgan fingerprint density at radius 1 is 1.47 bits per heavy atom. The molecule has 19 heavy (non-hydrogen) atoms. The van der Waals surface area contributed by atoms with E-state index < -0.39 is 19.1 Å². The highest BCUT2D eigenvalue weighted by Gasteiger charge is 2.16. The Balaban J connectivity index is 2.44. The third-order valence-electron chi connectivity index (χ3n) is 2.77. The predicted octanol–water partition coefficient (Wildman–Crippen LogP) is 2.32. The molecule has 0 aliphatic heterocycles. The molecule has 1 N–H and O–H groups in total. The monoisotopic (exact) mass is 340 g/mol. The molecular weight excluding hydrogens is 322 g/mol. The summed E-state index contributed by atoms with van der Waals surface area (Å²) in [6.07, 6.45) is -1.54. The van der Waals surface area contributed by atoms with Crippen molar-refractivity contribution in [1.82, 2.24) is 9.78 Å². The highest BCUT2D eigenvalue weighted by Crippen LogP contribution is 2.23. The van der Waals surface area contributed by atoms with E-state index in [4.69, 9.17) is 4.74 Å². The number of ether oxygens (including phenoxy) is 1. The first-order valence-corrected chi connectivity index (χ1v) is 6.99. The molecule has 0 radical (unpaired) electrons. The predicted molar refractivity (Wildman–Crippen MR) is 71.4 cm³/mol. The molecule has 1 heterocycles. The lowest BCUT2D eigenvalue weighted by Crippen LogP contribution is -2.17. The summed E-state index contributed by atoms with van der Waals surface area (Å²) in [5, 5.41) is 14.2. The van der Waals surface area contributed by atoms with Crippen LogP contribution in [0, 0.1) is 0 Å². The lowest BCUT2D eigenvalue weighted by Gasteiger charge is -2.11. The molecule has 0 fully saturated rings. The van der Waals surface area contributed by atoms with Gasteiger partial charge in [-0.05, 0) is 28.8 Å². The first-order chi connectivity index (χ1) is 8.95. The van der Waals surface area contributed by atoms with Crippen molar-refractivity contribution in [1.29, 1.82) is 0 Å². The molecule has 4 nitrogen and oxygen atoms in total. The largest absolute Gasteiger partial charge is 0.393 e. The van der Waals surface area contributed by atoms with Crippen LogP contribution in [-0.4, -0.2) is 40.6 Å². The fourth-order valence-electron chi connectivity index (χ4n) is 1.76. The van der Waals surface area contributed by atoms with E-state index in [1.807, 2.05) is 14.0 Å². The highest BCUT2D eigenvalue weighted by molar-refractivity contribution is 9.10. The van der Waals surface area contributed by atoms with Gasteiger partial charge in [-0.15, -0.1) is 0 Å². The van der Waals surface area contributed by atoms with E-state index >= 15 is 0 Å². The Bertz CT molecular complexity index is 399. The van der Waals surface area contributed by atoms with Crippen molar-refractivity contribution in [3.63, 3.8) is 0 Å². The van der Waals surface area contributed by atoms with Gasteiger partial charge in [0.2, 0.25) is 0 Å². The molecule has 0 aliphatic rings. The zero-order chi connectivity index (χ0) is 14.4. The molecule has 1 aromatic rings. The van der Waals surface area contributed by atoms with E-state index in [0.717, 1.165) is 22.3 Å². The van der Waals surface area contributed by atoms with Crippen LogP contribution in [-0.2, 0) is 24.6 Å². The molecule has 0 saturated heterocycles. The summed E-state index contributed by atoms with van der Waals surface area (Å²) in [6, 6.07) is 0. The zero-order valence-corrected chi connectivity index (χ0v) is 12.7. The zero-order valence-electron chi connectivity index (χ0n) is 11.1. The van der Waals surface area contributed by atoms with Gasteiger partial charge in [0.15, 0.2) is 0 Å². The van der Waals surface area contributed by atoms with Crippen LogP contribution in [0.1, 0.15) is 24.7 Å². The van der Waals surface area contributed by atoms with Gasteiger partial charge in [0, 0.05) is 20.1 Å². The lowest BCUT2D eigenvalue weighted by atomic mass is 10.1. The summed E-state index contributed by atoms with van der Waals surface area (Å²) in [5.41, 5.74) is 1.84. The van der Waals surface area contributed by atoms with E-state index in [9.17, 15) is 13.9 Å². The second-order valence-corrected chi connectivity index (χ2v) is 5.09. The van der Waals surface area contributed by atoms with Crippen molar-refractivity contribution in [3.05, 3.63) is 15.9 Å². The summed E-state index contributed by atoms with van der Waals surface area (Å²) in [6.45, 7) is 1.55. The Hall–Kier alpha value is -0.530. The number of nitrogens with zero attached hydrogens (tertiary/aromatic N) is 2. The van der Waals surface area contributed by atoms with Crippen LogP contribution in [0.2, 0.25) is 0 Å².